The van der Waals surface area contributed by atoms with Crippen LogP contribution in [0.2, 0.25) is 0 Å². The lowest BCUT2D eigenvalue weighted by atomic mass is 10.1. The summed E-state index contributed by atoms with van der Waals surface area (Å²) < 4.78 is 0. The van der Waals surface area contributed by atoms with Crippen LogP contribution in [0.3, 0.4) is 0 Å². The molecule has 0 aromatic heterocycles. The first-order chi connectivity index (χ1) is 12.3. The number of benzene rings is 2. The fraction of sp³-hybridized carbons (Fsp3) is 0. The largest absolute Gasteiger partial charge is 0.277 e. The van der Waals surface area contributed by atoms with Gasteiger partial charge in [-0.15, -0.1) is 0 Å². The number of nitrogens with zero attached hydrogens (tertiary/aromatic N) is 4. The average molecular weight is 359 g/mol. The number of hydrazone groups is 1. The molecular formula is C14H9N5O7. The summed E-state index contributed by atoms with van der Waals surface area (Å²) in [7, 11) is 0. The number of rotatable bonds is 6. The number of non-ortho nitro benzene ring substituents is 3. The summed E-state index contributed by atoms with van der Waals surface area (Å²) in [6.07, 6.45) is 1.12. The van der Waals surface area contributed by atoms with Gasteiger partial charge in [0.2, 0.25) is 0 Å². The minimum absolute atomic E-state index is 0.172. The average Bonchev–Trinajstić information content (AvgIpc) is 2.61. The molecule has 0 aliphatic carbocycles. The summed E-state index contributed by atoms with van der Waals surface area (Å²) in [6, 6.07) is 7.87. The highest BCUT2D eigenvalue weighted by atomic mass is 16.6. The highest BCUT2D eigenvalue weighted by Gasteiger charge is 2.19. The molecule has 0 atom stereocenters. The standard InChI is InChI=1S/C14H9N5O7/c20-14(10-5-12(18(23)24)7-13(6-10)19(25)26)16-15-8-9-2-1-3-11(4-9)17(21)22/h1-8H,(H,16,20)/b15-8+. The van der Waals surface area contributed by atoms with Gasteiger partial charge in [0.05, 0.1) is 32.6 Å². The summed E-state index contributed by atoms with van der Waals surface area (Å²) in [5, 5.41) is 35.9. The number of nitro benzene ring substituents is 3. The van der Waals surface area contributed by atoms with Crippen LogP contribution in [0.1, 0.15) is 15.9 Å². The number of nitro groups is 3. The Labute approximate surface area is 144 Å². The first-order valence-corrected chi connectivity index (χ1v) is 6.79. The van der Waals surface area contributed by atoms with Gasteiger partial charge in [0.15, 0.2) is 0 Å². The molecule has 0 aliphatic rings. The Hall–Kier alpha value is -4.22. The van der Waals surface area contributed by atoms with E-state index < -0.39 is 32.1 Å². The van der Waals surface area contributed by atoms with Crippen molar-refractivity contribution in [1.82, 2.24) is 5.43 Å². The Balaban J connectivity index is 2.19. The summed E-state index contributed by atoms with van der Waals surface area (Å²) in [5.74, 6) is -0.918. The number of carbonyl (C=O) groups is 1. The third-order valence-electron chi connectivity index (χ3n) is 3.05. The van der Waals surface area contributed by atoms with E-state index in [1.165, 1.54) is 24.3 Å². The third-order valence-corrected chi connectivity index (χ3v) is 3.05. The number of hydrogen-bond acceptors (Lipinski definition) is 8. The minimum atomic E-state index is -0.918. The first-order valence-electron chi connectivity index (χ1n) is 6.79. The molecule has 0 radical (unpaired) electrons. The monoisotopic (exact) mass is 359 g/mol. The molecule has 1 amide bonds. The lowest BCUT2D eigenvalue weighted by Crippen LogP contribution is -2.18. The van der Waals surface area contributed by atoms with Crippen molar-refractivity contribution >= 4 is 29.2 Å². The highest BCUT2D eigenvalue weighted by Crippen LogP contribution is 2.22. The molecule has 2 aromatic rings. The van der Waals surface area contributed by atoms with Crippen LogP contribution >= 0.6 is 0 Å². The van der Waals surface area contributed by atoms with E-state index in [4.69, 9.17) is 0 Å². The molecule has 12 nitrogen and oxygen atoms in total. The molecule has 0 fully saturated rings. The van der Waals surface area contributed by atoms with Crippen LogP contribution in [-0.2, 0) is 0 Å². The van der Waals surface area contributed by atoms with Crippen LogP contribution in [0, 0.1) is 30.3 Å². The normalized spacial score (nSPS) is 10.5. The van der Waals surface area contributed by atoms with Crippen LogP contribution in [0.4, 0.5) is 17.1 Å². The van der Waals surface area contributed by atoms with E-state index in [0.717, 1.165) is 24.4 Å². The van der Waals surface area contributed by atoms with Gasteiger partial charge in [0, 0.05) is 29.8 Å². The maximum atomic E-state index is 12.0. The van der Waals surface area contributed by atoms with E-state index in [1.54, 1.807) is 0 Å². The van der Waals surface area contributed by atoms with Gasteiger partial charge in [0.1, 0.15) is 0 Å². The van der Waals surface area contributed by atoms with Gasteiger partial charge < -0.3 is 0 Å². The van der Waals surface area contributed by atoms with Gasteiger partial charge in [-0.05, 0) is 0 Å². The molecule has 12 heteroatoms. The predicted octanol–water partition coefficient (Wildman–Crippen LogP) is 2.18. The number of hydrogen-bond donors (Lipinski definition) is 1. The van der Waals surface area contributed by atoms with Crippen LogP contribution in [-0.4, -0.2) is 26.9 Å². The van der Waals surface area contributed by atoms with Gasteiger partial charge in [0.25, 0.3) is 23.0 Å². The second-order valence-corrected chi connectivity index (χ2v) is 4.80. The van der Waals surface area contributed by atoms with Gasteiger partial charge in [-0.3, -0.25) is 35.1 Å². The number of nitrogens with one attached hydrogen (secondary N) is 1. The molecule has 0 spiro atoms. The molecule has 0 unspecified atom stereocenters. The fourth-order valence-electron chi connectivity index (χ4n) is 1.89. The topological polar surface area (TPSA) is 171 Å². The second-order valence-electron chi connectivity index (χ2n) is 4.80. The van der Waals surface area contributed by atoms with E-state index in [-0.39, 0.29) is 11.3 Å². The van der Waals surface area contributed by atoms with Crippen molar-refractivity contribution in [2.24, 2.45) is 5.10 Å². The number of carbonyl (C=O) groups excluding carboxylic acids is 1. The van der Waals surface area contributed by atoms with Gasteiger partial charge in [-0.2, -0.15) is 5.10 Å². The SMILES string of the molecule is O=C(N/N=C/c1cccc([N+](=O)[O-])c1)c1cc([N+](=O)[O-])cc([N+](=O)[O-])c1. The minimum Gasteiger partial charge on any atom is -0.267 e. The molecule has 0 saturated heterocycles. The first kappa shape index (κ1) is 18.1. The molecule has 26 heavy (non-hydrogen) atoms. The summed E-state index contributed by atoms with van der Waals surface area (Å²) >= 11 is 0. The van der Waals surface area contributed by atoms with E-state index in [9.17, 15) is 35.1 Å². The number of amides is 1. The van der Waals surface area contributed by atoms with Crippen LogP contribution in [0.25, 0.3) is 0 Å². The third kappa shape index (κ3) is 4.41. The summed E-state index contributed by atoms with van der Waals surface area (Å²) in [6.45, 7) is 0. The smallest absolute Gasteiger partial charge is 0.267 e. The lowest BCUT2D eigenvalue weighted by Gasteiger charge is -2.01. The van der Waals surface area contributed by atoms with E-state index in [0.29, 0.717) is 5.56 Å². The van der Waals surface area contributed by atoms with Crippen molar-refractivity contribution in [3.63, 3.8) is 0 Å². The lowest BCUT2D eigenvalue weighted by molar-refractivity contribution is -0.394. The van der Waals surface area contributed by atoms with Gasteiger partial charge in [-0.25, -0.2) is 5.43 Å². The Bertz CT molecular complexity index is 909. The highest BCUT2D eigenvalue weighted by molar-refractivity contribution is 5.96. The quantitative estimate of drug-likeness (QED) is 0.467. The van der Waals surface area contributed by atoms with Crippen LogP contribution in [0.5, 0.6) is 0 Å². The molecule has 0 aliphatic heterocycles. The molecular weight excluding hydrogens is 350 g/mol. The summed E-state index contributed by atoms with van der Waals surface area (Å²) in [5.41, 5.74) is 0.627. The van der Waals surface area contributed by atoms with Crippen LogP contribution in [0.15, 0.2) is 47.6 Å². The molecule has 0 bridgehead atoms. The van der Waals surface area contributed by atoms with Crippen molar-refractivity contribution < 1.29 is 19.6 Å². The van der Waals surface area contributed by atoms with Crippen LogP contribution < -0.4 is 5.43 Å². The molecule has 2 aromatic carbocycles. The zero-order valence-corrected chi connectivity index (χ0v) is 12.8. The zero-order valence-electron chi connectivity index (χ0n) is 12.8. The van der Waals surface area contributed by atoms with Gasteiger partial charge >= 0.3 is 0 Å². The van der Waals surface area contributed by atoms with Gasteiger partial charge in [-0.1, -0.05) is 12.1 Å². The molecule has 132 valence electrons. The maximum absolute atomic E-state index is 12.0. The Morgan fingerprint density at radius 3 is 2.00 bits per heavy atom. The fourth-order valence-corrected chi connectivity index (χ4v) is 1.89. The Kier molecular flexibility index (Phi) is 5.27. The molecule has 2 rings (SSSR count). The zero-order chi connectivity index (χ0) is 19.3. The Morgan fingerprint density at radius 2 is 1.46 bits per heavy atom. The maximum Gasteiger partial charge on any atom is 0.277 e. The van der Waals surface area contributed by atoms with Crippen molar-refractivity contribution in [3.05, 3.63) is 83.9 Å². The molecule has 0 saturated carbocycles. The second kappa shape index (κ2) is 7.57. The molecule has 1 N–H and O–H groups in total. The van der Waals surface area contributed by atoms with E-state index >= 15 is 0 Å². The van der Waals surface area contributed by atoms with Crippen molar-refractivity contribution in [1.29, 1.82) is 0 Å². The Morgan fingerprint density at radius 1 is 0.885 bits per heavy atom. The predicted molar refractivity (Wildman–Crippen MR) is 87.9 cm³/mol. The molecule has 0 heterocycles. The van der Waals surface area contributed by atoms with Crippen molar-refractivity contribution in [3.8, 4) is 0 Å². The van der Waals surface area contributed by atoms with E-state index in [2.05, 4.69) is 5.10 Å². The summed E-state index contributed by atoms with van der Waals surface area (Å²) in [4.78, 5) is 41.9. The van der Waals surface area contributed by atoms with Crippen molar-refractivity contribution in [2.75, 3.05) is 0 Å². The van der Waals surface area contributed by atoms with E-state index in [1.807, 2.05) is 5.43 Å². The van der Waals surface area contributed by atoms with Crippen molar-refractivity contribution in [2.45, 2.75) is 0 Å².